The van der Waals surface area contributed by atoms with E-state index in [1.165, 1.54) is 6.33 Å². The van der Waals surface area contributed by atoms with Crippen molar-refractivity contribution < 1.29 is 9.59 Å². The largest absolute Gasteiger partial charge is 0.343 e. The van der Waals surface area contributed by atoms with Crippen molar-refractivity contribution in [2.75, 3.05) is 26.2 Å². The molecule has 0 aliphatic carbocycles. The standard InChI is InChI=1S/C20H27N7O2/c28-18-3-6-20(15-26(18)10-4-17-2-1-9-21-14-17)7-12-25(13-8-20)19(29)5-11-27-16-22-23-24-27/h1-2,9,14,16H,3-8,10-13,15H2. The van der Waals surface area contributed by atoms with Crippen LogP contribution in [0.1, 0.15) is 37.7 Å². The van der Waals surface area contributed by atoms with E-state index in [0.29, 0.717) is 19.4 Å². The Hall–Kier alpha value is -2.84. The van der Waals surface area contributed by atoms with Gasteiger partial charge < -0.3 is 9.80 Å². The van der Waals surface area contributed by atoms with Gasteiger partial charge in [-0.2, -0.15) is 0 Å². The van der Waals surface area contributed by atoms with Gasteiger partial charge in [-0.05, 0) is 53.2 Å². The predicted molar refractivity (Wildman–Crippen MR) is 104 cm³/mol. The van der Waals surface area contributed by atoms with Gasteiger partial charge in [0.05, 0.1) is 6.54 Å². The van der Waals surface area contributed by atoms with Gasteiger partial charge in [-0.15, -0.1) is 5.10 Å². The Balaban J connectivity index is 1.27. The highest BCUT2D eigenvalue weighted by Gasteiger charge is 2.41. The monoisotopic (exact) mass is 397 g/mol. The summed E-state index contributed by atoms with van der Waals surface area (Å²) in [5.74, 6) is 0.398. The van der Waals surface area contributed by atoms with Crippen LogP contribution in [0.25, 0.3) is 0 Å². The number of hydrogen-bond acceptors (Lipinski definition) is 6. The van der Waals surface area contributed by atoms with Gasteiger partial charge in [-0.25, -0.2) is 4.68 Å². The minimum atomic E-state index is 0.148. The maximum Gasteiger partial charge on any atom is 0.224 e. The topological polar surface area (TPSA) is 97.1 Å². The number of aromatic nitrogens is 5. The third kappa shape index (κ3) is 4.78. The van der Waals surface area contributed by atoms with Gasteiger partial charge >= 0.3 is 0 Å². The fraction of sp³-hybridized carbons (Fsp3) is 0.600. The quantitative estimate of drug-likeness (QED) is 0.719. The minimum Gasteiger partial charge on any atom is -0.343 e. The molecule has 1 spiro atoms. The lowest BCUT2D eigenvalue weighted by Gasteiger charge is -2.47. The maximum atomic E-state index is 12.5. The first kappa shape index (κ1) is 19.5. The summed E-state index contributed by atoms with van der Waals surface area (Å²) in [6, 6.07) is 3.98. The number of carbonyl (C=O) groups excluding carboxylic acids is 2. The average Bonchev–Trinajstić information content (AvgIpc) is 3.28. The van der Waals surface area contributed by atoms with Crippen molar-refractivity contribution in [1.29, 1.82) is 0 Å². The number of hydrogen-bond donors (Lipinski definition) is 0. The zero-order valence-corrected chi connectivity index (χ0v) is 16.6. The second-order valence-corrected chi connectivity index (χ2v) is 8.13. The van der Waals surface area contributed by atoms with E-state index in [9.17, 15) is 9.59 Å². The molecule has 2 aliphatic heterocycles. The lowest BCUT2D eigenvalue weighted by Crippen LogP contribution is -2.52. The molecule has 2 fully saturated rings. The number of amides is 2. The molecule has 4 heterocycles. The first-order valence-electron chi connectivity index (χ1n) is 10.3. The van der Waals surface area contributed by atoms with Crippen LogP contribution in [0, 0.1) is 5.41 Å². The lowest BCUT2D eigenvalue weighted by atomic mass is 9.72. The van der Waals surface area contributed by atoms with Gasteiger partial charge in [0.2, 0.25) is 11.8 Å². The summed E-state index contributed by atoms with van der Waals surface area (Å²) < 4.78 is 1.58. The van der Waals surface area contributed by atoms with Gasteiger partial charge in [-0.3, -0.25) is 14.6 Å². The summed E-state index contributed by atoms with van der Waals surface area (Å²) in [5.41, 5.74) is 1.30. The molecular weight excluding hydrogens is 370 g/mol. The number of likely N-dealkylation sites (tertiary alicyclic amines) is 2. The predicted octanol–water partition coefficient (Wildman–Crippen LogP) is 0.932. The molecule has 0 bridgehead atoms. The van der Waals surface area contributed by atoms with Gasteiger partial charge in [0.25, 0.3) is 0 Å². The summed E-state index contributed by atoms with van der Waals surface area (Å²) >= 11 is 0. The molecule has 9 heteroatoms. The zero-order valence-electron chi connectivity index (χ0n) is 16.6. The molecule has 29 heavy (non-hydrogen) atoms. The molecular formula is C20H27N7O2. The molecule has 4 rings (SSSR count). The molecule has 2 aliphatic rings. The van der Waals surface area contributed by atoms with Crippen LogP contribution in [-0.2, 0) is 22.6 Å². The van der Waals surface area contributed by atoms with Crippen LogP contribution >= 0.6 is 0 Å². The van der Waals surface area contributed by atoms with Crippen molar-refractivity contribution >= 4 is 11.8 Å². The second-order valence-electron chi connectivity index (χ2n) is 8.13. The Bertz CT molecular complexity index is 817. The summed E-state index contributed by atoms with van der Waals surface area (Å²) in [7, 11) is 0. The Morgan fingerprint density at radius 1 is 1.17 bits per heavy atom. The summed E-state index contributed by atoms with van der Waals surface area (Å²) in [6.45, 7) is 3.57. The van der Waals surface area contributed by atoms with Gasteiger partial charge in [-0.1, -0.05) is 6.07 Å². The average molecular weight is 397 g/mol. The molecule has 2 aromatic rings. The summed E-state index contributed by atoms with van der Waals surface area (Å²) in [4.78, 5) is 33.1. The lowest BCUT2D eigenvalue weighted by molar-refractivity contribution is -0.142. The van der Waals surface area contributed by atoms with E-state index < -0.39 is 0 Å². The molecule has 0 radical (unpaired) electrons. The van der Waals surface area contributed by atoms with Crippen LogP contribution in [0.2, 0.25) is 0 Å². The van der Waals surface area contributed by atoms with Crippen LogP contribution in [0.5, 0.6) is 0 Å². The number of carbonyl (C=O) groups is 2. The Kier molecular flexibility index (Phi) is 5.82. The molecule has 2 saturated heterocycles. The maximum absolute atomic E-state index is 12.5. The van der Waals surface area contributed by atoms with Crippen LogP contribution < -0.4 is 0 Å². The molecule has 2 amide bonds. The molecule has 0 atom stereocenters. The number of aryl methyl sites for hydroxylation is 1. The van der Waals surface area contributed by atoms with E-state index in [-0.39, 0.29) is 17.2 Å². The van der Waals surface area contributed by atoms with Crippen LogP contribution in [0.3, 0.4) is 0 Å². The van der Waals surface area contributed by atoms with Crippen LogP contribution in [-0.4, -0.2) is 73.0 Å². The SMILES string of the molecule is O=C(CCn1cnnn1)N1CCC2(CCC(=O)N(CCc3cccnc3)C2)CC1. The fourth-order valence-corrected chi connectivity index (χ4v) is 4.41. The summed E-state index contributed by atoms with van der Waals surface area (Å²) in [6.07, 6.45) is 9.86. The Labute approximate surface area is 170 Å². The minimum absolute atomic E-state index is 0.148. The number of nitrogens with zero attached hydrogens (tertiary/aromatic N) is 7. The summed E-state index contributed by atoms with van der Waals surface area (Å²) in [5, 5.41) is 11.0. The molecule has 0 unspecified atom stereocenters. The van der Waals surface area contributed by atoms with E-state index in [0.717, 1.165) is 57.4 Å². The highest BCUT2D eigenvalue weighted by Crippen LogP contribution is 2.40. The zero-order chi connectivity index (χ0) is 20.1. The third-order valence-corrected chi connectivity index (χ3v) is 6.26. The highest BCUT2D eigenvalue weighted by molar-refractivity contribution is 5.77. The van der Waals surface area contributed by atoms with Gasteiger partial charge in [0.15, 0.2) is 0 Å². The van der Waals surface area contributed by atoms with E-state index in [1.807, 2.05) is 22.1 Å². The van der Waals surface area contributed by atoms with Crippen molar-refractivity contribution in [2.24, 2.45) is 5.41 Å². The van der Waals surface area contributed by atoms with Crippen molar-refractivity contribution in [3.05, 3.63) is 36.4 Å². The van der Waals surface area contributed by atoms with Crippen molar-refractivity contribution in [3.63, 3.8) is 0 Å². The van der Waals surface area contributed by atoms with Crippen LogP contribution in [0.4, 0.5) is 0 Å². The van der Waals surface area contributed by atoms with E-state index >= 15 is 0 Å². The van der Waals surface area contributed by atoms with Crippen molar-refractivity contribution in [3.8, 4) is 0 Å². The Morgan fingerprint density at radius 3 is 2.76 bits per heavy atom. The first-order chi connectivity index (χ1) is 14.1. The molecule has 0 saturated carbocycles. The second kappa shape index (κ2) is 8.67. The number of pyridine rings is 1. The molecule has 0 N–H and O–H groups in total. The van der Waals surface area contributed by atoms with Crippen molar-refractivity contribution in [1.82, 2.24) is 35.0 Å². The van der Waals surface area contributed by atoms with Crippen molar-refractivity contribution in [2.45, 2.75) is 45.1 Å². The molecule has 9 nitrogen and oxygen atoms in total. The Morgan fingerprint density at radius 2 is 2.03 bits per heavy atom. The fourth-order valence-electron chi connectivity index (χ4n) is 4.41. The molecule has 2 aromatic heterocycles. The first-order valence-corrected chi connectivity index (χ1v) is 10.3. The van der Waals surface area contributed by atoms with Gasteiger partial charge in [0.1, 0.15) is 6.33 Å². The highest BCUT2D eigenvalue weighted by atomic mass is 16.2. The van der Waals surface area contributed by atoms with Gasteiger partial charge in [0, 0.05) is 51.4 Å². The third-order valence-electron chi connectivity index (χ3n) is 6.26. The normalized spacial score (nSPS) is 19.0. The molecule has 0 aromatic carbocycles. The van der Waals surface area contributed by atoms with E-state index in [2.05, 4.69) is 26.6 Å². The smallest absolute Gasteiger partial charge is 0.224 e. The number of tetrazole rings is 1. The number of rotatable bonds is 6. The van der Waals surface area contributed by atoms with E-state index in [1.54, 1.807) is 10.9 Å². The van der Waals surface area contributed by atoms with Crippen LogP contribution in [0.15, 0.2) is 30.9 Å². The molecule has 154 valence electrons. The number of piperidine rings is 2. The van der Waals surface area contributed by atoms with E-state index in [4.69, 9.17) is 0 Å².